The SMILES string of the molecule is COc1nc(-c2nc3n(n2)CCC[C@@H]3c2cc(N3CCCCC3)c(Cl)cc2F)ccc1-n1cnc(C)c1. The Morgan fingerprint density at radius 2 is 1.86 bits per heavy atom. The minimum absolute atomic E-state index is 0.203. The largest absolute Gasteiger partial charge is 0.479 e. The monoisotopic (exact) mass is 521 g/mol. The van der Waals surface area contributed by atoms with Crippen molar-refractivity contribution in [2.24, 2.45) is 0 Å². The van der Waals surface area contributed by atoms with E-state index in [-0.39, 0.29) is 11.7 Å². The number of hydrogen-bond acceptors (Lipinski definition) is 6. The summed E-state index contributed by atoms with van der Waals surface area (Å²) >= 11 is 6.50. The average Bonchev–Trinajstić information content (AvgIpc) is 3.55. The normalized spacial score (nSPS) is 17.6. The summed E-state index contributed by atoms with van der Waals surface area (Å²) in [5, 5.41) is 5.21. The summed E-state index contributed by atoms with van der Waals surface area (Å²) in [6.07, 6.45) is 8.79. The third-order valence-corrected chi connectivity index (χ3v) is 7.57. The van der Waals surface area contributed by atoms with E-state index in [1.54, 1.807) is 13.4 Å². The van der Waals surface area contributed by atoms with Crippen molar-refractivity contribution in [2.75, 3.05) is 25.1 Å². The van der Waals surface area contributed by atoms with Crippen molar-refractivity contribution in [2.45, 2.75) is 51.5 Å². The molecule has 0 amide bonds. The smallest absolute Gasteiger partial charge is 0.238 e. The molecule has 1 atom stereocenters. The van der Waals surface area contributed by atoms with Gasteiger partial charge in [0.15, 0.2) is 5.82 Å². The van der Waals surface area contributed by atoms with Gasteiger partial charge in [0.05, 0.1) is 29.8 Å². The molecule has 0 aliphatic carbocycles. The van der Waals surface area contributed by atoms with E-state index in [4.69, 9.17) is 26.4 Å². The zero-order valence-electron chi connectivity index (χ0n) is 21.0. The van der Waals surface area contributed by atoms with Gasteiger partial charge in [-0.3, -0.25) is 0 Å². The summed E-state index contributed by atoms with van der Waals surface area (Å²) in [4.78, 5) is 16.1. The molecule has 0 spiro atoms. The zero-order chi connectivity index (χ0) is 25.5. The second kappa shape index (κ2) is 9.78. The van der Waals surface area contributed by atoms with Gasteiger partial charge in [-0.1, -0.05) is 11.6 Å². The van der Waals surface area contributed by atoms with Gasteiger partial charge in [0.25, 0.3) is 0 Å². The quantitative estimate of drug-likeness (QED) is 0.343. The van der Waals surface area contributed by atoms with E-state index in [1.807, 2.05) is 40.6 Å². The highest BCUT2D eigenvalue weighted by molar-refractivity contribution is 6.33. The molecule has 3 aromatic heterocycles. The standard InChI is InChI=1S/C27H29ClFN7O/c1-17-15-35(16-30-17)23-9-8-22(31-27(23)37-2)25-32-26-18(7-6-12-36(26)33-25)19-13-24(20(28)14-21(19)29)34-10-4-3-5-11-34/h8-9,13-16,18H,3-7,10-12H2,1-2H3/t18-/m1/s1. The minimum atomic E-state index is -0.298. The first-order valence-corrected chi connectivity index (χ1v) is 13.1. The molecule has 1 fully saturated rings. The second-order valence-electron chi connectivity index (χ2n) is 9.73. The number of aromatic nitrogens is 6. The lowest BCUT2D eigenvalue weighted by atomic mass is 9.90. The lowest BCUT2D eigenvalue weighted by Gasteiger charge is -2.31. The molecule has 10 heteroatoms. The number of halogens is 2. The van der Waals surface area contributed by atoms with Crippen LogP contribution in [0.4, 0.5) is 10.1 Å². The molecule has 8 nitrogen and oxygen atoms in total. The molecule has 0 saturated carbocycles. The molecule has 1 aromatic carbocycles. The number of anilines is 1. The highest BCUT2D eigenvalue weighted by atomic mass is 35.5. The molecule has 5 heterocycles. The fourth-order valence-corrected chi connectivity index (χ4v) is 5.68. The first-order valence-electron chi connectivity index (χ1n) is 12.8. The van der Waals surface area contributed by atoms with Gasteiger partial charge in [0.1, 0.15) is 23.0 Å². The Balaban J connectivity index is 1.36. The molecule has 0 bridgehead atoms. The van der Waals surface area contributed by atoms with Crippen molar-refractivity contribution in [3.8, 4) is 23.1 Å². The molecule has 6 rings (SSSR count). The summed E-state index contributed by atoms with van der Waals surface area (Å²) in [6.45, 7) is 4.55. The minimum Gasteiger partial charge on any atom is -0.479 e. The Morgan fingerprint density at radius 1 is 1.03 bits per heavy atom. The average molecular weight is 522 g/mol. The van der Waals surface area contributed by atoms with Gasteiger partial charge in [0.2, 0.25) is 5.88 Å². The second-order valence-corrected chi connectivity index (χ2v) is 10.1. The molecule has 192 valence electrons. The van der Waals surface area contributed by atoms with E-state index in [2.05, 4.69) is 14.9 Å². The van der Waals surface area contributed by atoms with Crippen LogP contribution in [0.15, 0.2) is 36.8 Å². The van der Waals surface area contributed by atoms with Gasteiger partial charge in [0, 0.05) is 37.3 Å². The van der Waals surface area contributed by atoms with Crippen LogP contribution in [0.5, 0.6) is 5.88 Å². The van der Waals surface area contributed by atoms with Crippen LogP contribution in [0.25, 0.3) is 17.2 Å². The summed E-state index contributed by atoms with van der Waals surface area (Å²) in [7, 11) is 1.59. The molecule has 0 N–H and O–H groups in total. The van der Waals surface area contributed by atoms with Crippen LogP contribution in [0.2, 0.25) is 5.02 Å². The third kappa shape index (κ3) is 4.45. The number of methoxy groups -OCH3 is 1. The molecule has 0 unspecified atom stereocenters. The highest BCUT2D eigenvalue weighted by Gasteiger charge is 2.30. The number of pyridine rings is 1. The molecule has 2 aliphatic rings. The summed E-state index contributed by atoms with van der Waals surface area (Å²) in [5.74, 6) is 1.20. The topological polar surface area (TPSA) is 73.9 Å². The maximum Gasteiger partial charge on any atom is 0.238 e. The van der Waals surface area contributed by atoms with Crippen LogP contribution in [-0.2, 0) is 6.54 Å². The van der Waals surface area contributed by atoms with Gasteiger partial charge in [-0.2, -0.15) is 0 Å². The molecular weight excluding hydrogens is 493 g/mol. The third-order valence-electron chi connectivity index (χ3n) is 7.27. The number of imidazole rings is 1. The van der Waals surface area contributed by atoms with Crippen molar-refractivity contribution in [1.82, 2.24) is 29.3 Å². The van der Waals surface area contributed by atoms with Gasteiger partial charge in [-0.25, -0.2) is 24.0 Å². The van der Waals surface area contributed by atoms with E-state index >= 15 is 4.39 Å². The number of ether oxygens (including phenoxy) is 1. The number of nitrogens with zero attached hydrogens (tertiary/aromatic N) is 7. The first kappa shape index (κ1) is 23.9. The summed E-state index contributed by atoms with van der Waals surface area (Å²) in [5.41, 5.74) is 3.82. The van der Waals surface area contributed by atoms with E-state index in [9.17, 15) is 0 Å². The number of hydrogen-bond donors (Lipinski definition) is 0. The van der Waals surface area contributed by atoms with Crippen molar-refractivity contribution < 1.29 is 9.13 Å². The van der Waals surface area contributed by atoms with Crippen LogP contribution in [-0.4, -0.2) is 49.5 Å². The predicted molar refractivity (Wildman–Crippen MR) is 140 cm³/mol. The van der Waals surface area contributed by atoms with Gasteiger partial charge < -0.3 is 14.2 Å². The molecule has 37 heavy (non-hydrogen) atoms. The van der Waals surface area contributed by atoms with Crippen LogP contribution < -0.4 is 9.64 Å². The molecule has 2 aliphatic heterocycles. The van der Waals surface area contributed by atoms with E-state index < -0.39 is 0 Å². The van der Waals surface area contributed by atoms with Crippen molar-refractivity contribution in [3.63, 3.8) is 0 Å². The zero-order valence-corrected chi connectivity index (χ0v) is 21.7. The van der Waals surface area contributed by atoms with E-state index in [0.29, 0.717) is 28.0 Å². The lowest BCUT2D eigenvalue weighted by Crippen LogP contribution is -2.30. The Hall–Kier alpha value is -3.46. The Bertz CT molecular complexity index is 1440. The van der Waals surface area contributed by atoms with Crippen molar-refractivity contribution in [3.05, 3.63) is 64.7 Å². The van der Waals surface area contributed by atoms with E-state index in [0.717, 1.165) is 68.2 Å². The number of fused-ring (bicyclic) bond motifs is 1. The van der Waals surface area contributed by atoms with Crippen molar-refractivity contribution in [1.29, 1.82) is 0 Å². The van der Waals surface area contributed by atoms with Crippen LogP contribution in [0.1, 0.15) is 55.1 Å². The maximum absolute atomic E-state index is 15.3. The Morgan fingerprint density at radius 3 is 2.62 bits per heavy atom. The Kier molecular flexibility index (Phi) is 6.32. The number of rotatable bonds is 5. The van der Waals surface area contributed by atoms with Gasteiger partial charge >= 0.3 is 0 Å². The van der Waals surface area contributed by atoms with Crippen LogP contribution in [0.3, 0.4) is 0 Å². The summed E-state index contributed by atoms with van der Waals surface area (Å²) < 4.78 is 24.6. The lowest BCUT2D eigenvalue weighted by molar-refractivity contribution is 0.396. The van der Waals surface area contributed by atoms with Gasteiger partial charge in [-0.15, -0.1) is 5.10 Å². The number of aryl methyl sites for hydroxylation is 2. The molecule has 1 saturated heterocycles. The first-order chi connectivity index (χ1) is 18.0. The molecule has 4 aromatic rings. The fourth-order valence-electron chi connectivity index (χ4n) is 5.41. The molecule has 0 radical (unpaired) electrons. The maximum atomic E-state index is 15.3. The Labute approximate surface area is 220 Å². The number of benzene rings is 1. The number of piperidine rings is 1. The van der Waals surface area contributed by atoms with Crippen molar-refractivity contribution >= 4 is 17.3 Å². The molecular formula is C27H29ClFN7O. The van der Waals surface area contributed by atoms with Crippen LogP contribution >= 0.6 is 11.6 Å². The highest BCUT2D eigenvalue weighted by Crippen LogP contribution is 2.39. The fraction of sp³-hybridized carbons (Fsp3) is 0.407. The predicted octanol–water partition coefficient (Wildman–Crippen LogP) is 5.55. The van der Waals surface area contributed by atoms with E-state index in [1.165, 1.54) is 12.5 Å². The van der Waals surface area contributed by atoms with Gasteiger partial charge in [-0.05, 0) is 63.3 Å². The van der Waals surface area contributed by atoms with Crippen LogP contribution in [0, 0.1) is 12.7 Å². The summed E-state index contributed by atoms with van der Waals surface area (Å²) in [6, 6.07) is 7.19.